The second-order valence-corrected chi connectivity index (χ2v) is 3.57. The molecular formula is C8H7ClO3S. The molecule has 1 aromatic carbocycles. The molecule has 0 fully saturated rings. The molecule has 3 nitrogen and oxygen atoms in total. The summed E-state index contributed by atoms with van der Waals surface area (Å²) in [5.74, 6) is -1.13. The lowest BCUT2D eigenvalue weighted by Gasteiger charge is -2.04. The van der Waals surface area contributed by atoms with Crippen LogP contribution in [0, 0.1) is 0 Å². The Bertz CT molecular complexity index is 351. The molecule has 0 amide bonds. The van der Waals surface area contributed by atoms with E-state index in [1.807, 2.05) is 0 Å². The van der Waals surface area contributed by atoms with Crippen molar-refractivity contribution in [3.8, 4) is 5.75 Å². The van der Waals surface area contributed by atoms with Crippen molar-refractivity contribution >= 4 is 29.3 Å². The van der Waals surface area contributed by atoms with E-state index in [4.69, 9.17) is 16.7 Å². The number of thioether (sulfide) groups is 1. The summed E-state index contributed by atoms with van der Waals surface area (Å²) in [7, 11) is 0. The Morgan fingerprint density at radius 1 is 1.54 bits per heavy atom. The van der Waals surface area contributed by atoms with E-state index >= 15 is 0 Å². The van der Waals surface area contributed by atoms with Gasteiger partial charge in [-0.15, -0.1) is 11.8 Å². The molecule has 0 aliphatic heterocycles. The summed E-state index contributed by atoms with van der Waals surface area (Å²) in [6.07, 6.45) is 1.73. The largest absolute Gasteiger partial charge is 0.505 e. The smallest absolute Gasteiger partial charge is 0.335 e. The van der Waals surface area contributed by atoms with Gasteiger partial charge in [0.05, 0.1) is 15.5 Å². The van der Waals surface area contributed by atoms with Gasteiger partial charge in [-0.2, -0.15) is 0 Å². The van der Waals surface area contributed by atoms with E-state index in [1.165, 1.54) is 23.9 Å². The monoisotopic (exact) mass is 218 g/mol. The number of aromatic hydroxyl groups is 1. The third kappa shape index (κ3) is 2.08. The number of aromatic carboxylic acids is 1. The van der Waals surface area contributed by atoms with Gasteiger partial charge < -0.3 is 10.2 Å². The average Bonchev–Trinajstić information content (AvgIpc) is 2.09. The summed E-state index contributed by atoms with van der Waals surface area (Å²) in [5.41, 5.74) is 0.0761. The third-order valence-corrected chi connectivity index (χ3v) is 2.53. The van der Waals surface area contributed by atoms with Crippen molar-refractivity contribution in [2.24, 2.45) is 0 Å². The molecule has 5 heteroatoms. The van der Waals surface area contributed by atoms with Crippen LogP contribution in [0.2, 0.25) is 5.02 Å². The predicted octanol–water partition coefficient (Wildman–Crippen LogP) is 2.47. The highest BCUT2D eigenvalue weighted by Gasteiger charge is 2.11. The Hall–Kier alpha value is -0.870. The van der Waals surface area contributed by atoms with E-state index in [0.717, 1.165) is 0 Å². The highest BCUT2D eigenvalue weighted by Crippen LogP contribution is 2.34. The second-order valence-electron chi connectivity index (χ2n) is 2.31. The van der Waals surface area contributed by atoms with Gasteiger partial charge in [-0.05, 0) is 18.4 Å². The van der Waals surface area contributed by atoms with Crippen molar-refractivity contribution in [2.45, 2.75) is 4.90 Å². The van der Waals surface area contributed by atoms with Crippen LogP contribution in [-0.2, 0) is 0 Å². The van der Waals surface area contributed by atoms with Crippen LogP contribution in [0.4, 0.5) is 0 Å². The fourth-order valence-corrected chi connectivity index (χ4v) is 1.68. The maximum atomic E-state index is 10.6. The Labute approximate surface area is 84.3 Å². The van der Waals surface area contributed by atoms with Crippen molar-refractivity contribution in [3.63, 3.8) is 0 Å². The summed E-state index contributed by atoms with van der Waals surface area (Å²) in [4.78, 5) is 11.0. The van der Waals surface area contributed by atoms with Gasteiger partial charge in [0.25, 0.3) is 0 Å². The SMILES string of the molecule is CSc1cc(C(=O)O)cc(Cl)c1O. The summed E-state index contributed by atoms with van der Waals surface area (Å²) in [5, 5.41) is 18.1. The fraction of sp³-hybridized carbons (Fsp3) is 0.125. The fourth-order valence-electron chi connectivity index (χ4n) is 0.853. The number of phenolic OH excluding ortho intramolecular Hbond substituents is 1. The summed E-state index contributed by atoms with van der Waals surface area (Å²) < 4.78 is 0. The quantitative estimate of drug-likeness (QED) is 0.749. The number of rotatable bonds is 2. The first-order chi connectivity index (χ1) is 6.06. The van der Waals surface area contributed by atoms with E-state index in [0.29, 0.717) is 4.90 Å². The van der Waals surface area contributed by atoms with Crippen LogP contribution in [0.25, 0.3) is 0 Å². The van der Waals surface area contributed by atoms with Gasteiger partial charge in [-0.3, -0.25) is 0 Å². The lowest BCUT2D eigenvalue weighted by molar-refractivity contribution is 0.0696. The zero-order valence-electron chi connectivity index (χ0n) is 6.74. The topological polar surface area (TPSA) is 57.5 Å². The minimum absolute atomic E-state index is 0.0595. The zero-order valence-corrected chi connectivity index (χ0v) is 8.32. The van der Waals surface area contributed by atoms with Crippen molar-refractivity contribution in [1.82, 2.24) is 0 Å². The molecule has 0 heterocycles. The highest BCUT2D eigenvalue weighted by atomic mass is 35.5. The number of halogens is 1. The van der Waals surface area contributed by atoms with Crippen LogP contribution >= 0.6 is 23.4 Å². The van der Waals surface area contributed by atoms with E-state index < -0.39 is 5.97 Å². The third-order valence-electron chi connectivity index (χ3n) is 1.50. The summed E-state index contributed by atoms with van der Waals surface area (Å²) in [6, 6.07) is 2.60. The predicted molar refractivity (Wildman–Crippen MR) is 51.9 cm³/mol. The molecular weight excluding hydrogens is 212 g/mol. The van der Waals surface area contributed by atoms with Crippen LogP contribution in [0.3, 0.4) is 0 Å². The first-order valence-corrected chi connectivity index (χ1v) is 4.96. The molecule has 0 radical (unpaired) electrons. The average molecular weight is 219 g/mol. The minimum atomic E-state index is -1.06. The Morgan fingerprint density at radius 2 is 2.15 bits per heavy atom. The van der Waals surface area contributed by atoms with Crippen molar-refractivity contribution in [3.05, 3.63) is 22.7 Å². The number of carbonyl (C=O) groups is 1. The van der Waals surface area contributed by atoms with Crippen LogP contribution in [0.1, 0.15) is 10.4 Å². The molecule has 0 spiro atoms. The molecule has 0 bridgehead atoms. The molecule has 0 aliphatic carbocycles. The molecule has 2 N–H and O–H groups in total. The van der Waals surface area contributed by atoms with E-state index in [9.17, 15) is 9.90 Å². The van der Waals surface area contributed by atoms with E-state index in [1.54, 1.807) is 6.26 Å². The number of carboxylic acids is 1. The van der Waals surface area contributed by atoms with Crippen molar-refractivity contribution in [1.29, 1.82) is 0 Å². The molecule has 1 aromatic rings. The second kappa shape index (κ2) is 3.89. The first kappa shape index (κ1) is 10.2. The van der Waals surface area contributed by atoms with Crippen LogP contribution in [0.5, 0.6) is 5.75 Å². The highest BCUT2D eigenvalue weighted by molar-refractivity contribution is 7.98. The minimum Gasteiger partial charge on any atom is -0.505 e. The lowest BCUT2D eigenvalue weighted by Crippen LogP contribution is -1.96. The Kier molecular flexibility index (Phi) is 3.06. The van der Waals surface area contributed by atoms with Crippen LogP contribution < -0.4 is 0 Å². The molecule has 0 saturated heterocycles. The molecule has 70 valence electrons. The van der Waals surface area contributed by atoms with Gasteiger partial charge in [0.2, 0.25) is 0 Å². The number of hydrogen-bond donors (Lipinski definition) is 2. The standard InChI is InChI=1S/C8H7ClO3S/c1-13-6-3-4(8(11)12)2-5(9)7(6)10/h2-3,10H,1H3,(H,11,12). The van der Waals surface area contributed by atoms with E-state index in [2.05, 4.69) is 0 Å². The molecule has 0 saturated carbocycles. The maximum absolute atomic E-state index is 10.6. The van der Waals surface area contributed by atoms with Gasteiger partial charge in [0.1, 0.15) is 5.75 Å². The van der Waals surface area contributed by atoms with Gasteiger partial charge in [0, 0.05) is 0 Å². The molecule has 1 rings (SSSR count). The van der Waals surface area contributed by atoms with E-state index in [-0.39, 0.29) is 16.3 Å². The number of hydrogen-bond acceptors (Lipinski definition) is 3. The number of benzene rings is 1. The summed E-state index contributed by atoms with van der Waals surface area (Å²) >= 11 is 6.86. The van der Waals surface area contributed by atoms with Crippen LogP contribution in [0.15, 0.2) is 17.0 Å². The van der Waals surface area contributed by atoms with Gasteiger partial charge >= 0.3 is 5.97 Å². The summed E-state index contributed by atoms with van der Waals surface area (Å²) in [6.45, 7) is 0. The molecule has 0 unspecified atom stereocenters. The maximum Gasteiger partial charge on any atom is 0.335 e. The molecule has 13 heavy (non-hydrogen) atoms. The zero-order chi connectivity index (χ0) is 10.0. The van der Waals surface area contributed by atoms with Crippen molar-refractivity contribution < 1.29 is 15.0 Å². The van der Waals surface area contributed by atoms with Crippen LogP contribution in [-0.4, -0.2) is 22.4 Å². The number of carboxylic acid groups (broad SMARTS) is 1. The van der Waals surface area contributed by atoms with Crippen molar-refractivity contribution in [2.75, 3.05) is 6.26 Å². The normalized spacial score (nSPS) is 10.0. The number of phenols is 1. The van der Waals surface area contributed by atoms with Gasteiger partial charge in [-0.1, -0.05) is 11.6 Å². The Morgan fingerprint density at radius 3 is 2.62 bits per heavy atom. The Balaban J connectivity index is 3.30. The van der Waals surface area contributed by atoms with Gasteiger partial charge in [-0.25, -0.2) is 4.79 Å². The first-order valence-electron chi connectivity index (χ1n) is 3.36. The lowest BCUT2D eigenvalue weighted by atomic mass is 10.2. The molecule has 0 aliphatic rings. The molecule has 0 aromatic heterocycles. The van der Waals surface area contributed by atoms with Gasteiger partial charge in [0.15, 0.2) is 0 Å². The molecule has 0 atom stereocenters.